The second-order valence-corrected chi connectivity index (χ2v) is 7.06. The van der Waals surface area contributed by atoms with Gasteiger partial charge in [0.2, 0.25) is 5.91 Å². The maximum Gasteiger partial charge on any atom is 0.306 e. The van der Waals surface area contributed by atoms with E-state index in [1.54, 1.807) is 0 Å². The second kappa shape index (κ2) is 8.55. The predicted octanol–water partition coefficient (Wildman–Crippen LogP) is 2.87. The van der Waals surface area contributed by atoms with E-state index in [4.69, 9.17) is 5.11 Å². The Morgan fingerprint density at radius 3 is 2.30 bits per heavy atom. The number of aliphatic carboxylic acids is 1. The molecule has 20 heavy (non-hydrogen) atoms. The number of nitrogens with zero attached hydrogens (tertiary/aromatic N) is 1. The largest absolute Gasteiger partial charge is 0.481 e. The molecule has 1 rings (SSSR count). The van der Waals surface area contributed by atoms with Crippen molar-refractivity contribution in [2.75, 3.05) is 18.6 Å². The van der Waals surface area contributed by atoms with E-state index in [9.17, 15) is 9.59 Å². The summed E-state index contributed by atoms with van der Waals surface area (Å²) in [6, 6.07) is 0.263. The van der Waals surface area contributed by atoms with Gasteiger partial charge in [-0.25, -0.2) is 0 Å². The van der Waals surface area contributed by atoms with Crippen LogP contribution in [0.5, 0.6) is 0 Å². The zero-order chi connectivity index (χ0) is 15.1. The minimum absolute atomic E-state index is 0.0249. The Kier molecular flexibility index (Phi) is 7.41. The highest BCUT2D eigenvalue weighted by molar-refractivity contribution is 7.99. The maximum absolute atomic E-state index is 12.4. The van der Waals surface area contributed by atoms with Crippen LogP contribution in [0, 0.1) is 11.8 Å². The lowest BCUT2D eigenvalue weighted by atomic mass is 9.81. The molecule has 1 aliphatic carbocycles. The van der Waals surface area contributed by atoms with Gasteiger partial charge in [-0.1, -0.05) is 6.92 Å². The molecule has 1 unspecified atom stereocenters. The Morgan fingerprint density at radius 1 is 1.25 bits per heavy atom. The molecule has 0 bridgehead atoms. The monoisotopic (exact) mass is 301 g/mol. The fourth-order valence-electron chi connectivity index (χ4n) is 2.68. The van der Waals surface area contributed by atoms with Crippen LogP contribution in [0.25, 0.3) is 0 Å². The van der Waals surface area contributed by atoms with Gasteiger partial charge in [0.1, 0.15) is 0 Å². The average Bonchev–Trinajstić information content (AvgIpc) is 2.46. The number of rotatable bonds is 7. The molecule has 0 heterocycles. The van der Waals surface area contributed by atoms with Crippen LogP contribution in [0.4, 0.5) is 0 Å². The summed E-state index contributed by atoms with van der Waals surface area (Å²) in [7, 11) is 1.88. The first-order valence-corrected chi connectivity index (χ1v) is 8.70. The standard InChI is InChI=1S/C15H27NO3S/c1-4-20-10-9-11(2)16(3)14(17)12-5-7-13(8-6-12)15(18)19/h11-13H,4-10H2,1-3H3,(H,18,19). The van der Waals surface area contributed by atoms with Gasteiger partial charge in [0, 0.05) is 19.0 Å². The smallest absolute Gasteiger partial charge is 0.306 e. The summed E-state index contributed by atoms with van der Waals surface area (Å²) >= 11 is 1.90. The van der Waals surface area contributed by atoms with E-state index in [1.165, 1.54) is 0 Å². The van der Waals surface area contributed by atoms with Crippen LogP contribution in [0.15, 0.2) is 0 Å². The highest BCUT2D eigenvalue weighted by atomic mass is 32.2. The van der Waals surface area contributed by atoms with Crippen molar-refractivity contribution in [1.29, 1.82) is 0 Å². The Morgan fingerprint density at radius 2 is 1.80 bits per heavy atom. The van der Waals surface area contributed by atoms with Crippen molar-refractivity contribution in [2.45, 2.75) is 52.0 Å². The van der Waals surface area contributed by atoms with Crippen molar-refractivity contribution in [3.05, 3.63) is 0 Å². The molecule has 4 nitrogen and oxygen atoms in total. The van der Waals surface area contributed by atoms with Crippen LogP contribution >= 0.6 is 11.8 Å². The Bertz CT molecular complexity index is 327. The quantitative estimate of drug-likeness (QED) is 0.735. The molecule has 1 saturated carbocycles. The predicted molar refractivity (Wildman–Crippen MR) is 82.9 cm³/mol. The summed E-state index contributed by atoms with van der Waals surface area (Å²) in [5.74, 6) is 1.46. The summed E-state index contributed by atoms with van der Waals surface area (Å²) in [5.41, 5.74) is 0. The van der Waals surface area contributed by atoms with Crippen molar-refractivity contribution < 1.29 is 14.7 Å². The molecule has 0 aromatic carbocycles. The van der Waals surface area contributed by atoms with Crippen molar-refractivity contribution in [3.8, 4) is 0 Å². The van der Waals surface area contributed by atoms with E-state index in [2.05, 4.69) is 13.8 Å². The fourth-order valence-corrected chi connectivity index (χ4v) is 3.48. The fraction of sp³-hybridized carbons (Fsp3) is 0.867. The third-order valence-corrected chi connectivity index (χ3v) is 5.25. The minimum atomic E-state index is -0.714. The van der Waals surface area contributed by atoms with Gasteiger partial charge in [-0.15, -0.1) is 0 Å². The van der Waals surface area contributed by atoms with Crippen LogP contribution in [-0.2, 0) is 9.59 Å². The lowest BCUT2D eigenvalue weighted by molar-refractivity contribution is -0.145. The first kappa shape index (κ1) is 17.3. The van der Waals surface area contributed by atoms with Gasteiger partial charge in [-0.05, 0) is 50.5 Å². The maximum atomic E-state index is 12.4. The average molecular weight is 301 g/mol. The van der Waals surface area contributed by atoms with Gasteiger partial charge in [0.05, 0.1) is 5.92 Å². The normalized spacial score (nSPS) is 24.1. The van der Waals surface area contributed by atoms with Crippen molar-refractivity contribution in [2.24, 2.45) is 11.8 Å². The van der Waals surface area contributed by atoms with E-state index in [0.29, 0.717) is 12.8 Å². The summed E-state index contributed by atoms with van der Waals surface area (Å²) in [5, 5.41) is 8.98. The molecule has 0 aromatic heterocycles. The van der Waals surface area contributed by atoms with Crippen LogP contribution in [0.1, 0.15) is 46.0 Å². The number of carboxylic acids is 1. The van der Waals surface area contributed by atoms with Gasteiger partial charge >= 0.3 is 5.97 Å². The molecule has 0 saturated heterocycles. The molecular weight excluding hydrogens is 274 g/mol. The summed E-state index contributed by atoms with van der Waals surface area (Å²) < 4.78 is 0. The molecule has 1 amide bonds. The number of carbonyl (C=O) groups excluding carboxylic acids is 1. The van der Waals surface area contributed by atoms with Gasteiger partial charge in [0.25, 0.3) is 0 Å². The van der Waals surface area contributed by atoms with E-state index < -0.39 is 5.97 Å². The molecule has 1 atom stereocenters. The first-order chi connectivity index (χ1) is 9.47. The molecule has 0 radical (unpaired) electrons. The summed E-state index contributed by atoms with van der Waals surface area (Å²) in [4.78, 5) is 25.2. The molecule has 0 aliphatic heterocycles. The number of carbonyl (C=O) groups is 2. The van der Waals surface area contributed by atoms with Gasteiger partial charge in [-0.2, -0.15) is 11.8 Å². The molecule has 1 fully saturated rings. The molecule has 5 heteroatoms. The topological polar surface area (TPSA) is 57.6 Å². The van der Waals surface area contributed by atoms with Crippen molar-refractivity contribution in [1.82, 2.24) is 4.90 Å². The summed E-state index contributed by atoms with van der Waals surface area (Å²) in [6.07, 6.45) is 3.73. The number of hydrogen-bond donors (Lipinski definition) is 1. The number of carboxylic acid groups (broad SMARTS) is 1. The van der Waals surface area contributed by atoms with Crippen LogP contribution < -0.4 is 0 Å². The second-order valence-electron chi connectivity index (χ2n) is 5.67. The van der Waals surface area contributed by atoms with E-state index in [1.807, 2.05) is 23.7 Å². The lowest BCUT2D eigenvalue weighted by Crippen LogP contribution is -2.41. The van der Waals surface area contributed by atoms with E-state index >= 15 is 0 Å². The van der Waals surface area contributed by atoms with Crippen LogP contribution in [-0.4, -0.2) is 46.5 Å². The molecule has 1 aliphatic rings. The summed E-state index contributed by atoms with van der Waals surface area (Å²) in [6.45, 7) is 4.24. The zero-order valence-corrected chi connectivity index (χ0v) is 13.6. The molecule has 0 spiro atoms. The number of hydrogen-bond acceptors (Lipinski definition) is 3. The first-order valence-electron chi connectivity index (χ1n) is 7.54. The van der Waals surface area contributed by atoms with Crippen LogP contribution in [0.2, 0.25) is 0 Å². The SMILES string of the molecule is CCSCCC(C)N(C)C(=O)C1CCC(C(=O)O)CC1. The zero-order valence-electron chi connectivity index (χ0n) is 12.8. The third kappa shape index (κ3) is 5.00. The highest BCUT2D eigenvalue weighted by Crippen LogP contribution is 2.30. The Labute approximate surface area is 126 Å². The molecule has 116 valence electrons. The Balaban J connectivity index is 2.39. The number of thioether (sulfide) groups is 1. The van der Waals surface area contributed by atoms with Gasteiger partial charge in [0.15, 0.2) is 0 Å². The lowest BCUT2D eigenvalue weighted by Gasteiger charge is -2.32. The Hall–Kier alpha value is -0.710. The third-order valence-electron chi connectivity index (χ3n) is 4.32. The van der Waals surface area contributed by atoms with Gasteiger partial charge < -0.3 is 10.0 Å². The molecular formula is C15H27NO3S. The van der Waals surface area contributed by atoms with Crippen molar-refractivity contribution in [3.63, 3.8) is 0 Å². The number of amides is 1. The van der Waals surface area contributed by atoms with E-state index in [-0.39, 0.29) is 23.8 Å². The van der Waals surface area contributed by atoms with Gasteiger partial charge in [-0.3, -0.25) is 9.59 Å². The van der Waals surface area contributed by atoms with Crippen molar-refractivity contribution >= 4 is 23.6 Å². The van der Waals surface area contributed by atoms with Crippen LogP contribution in [0.3, 0.4) is 0 Å². The molecule has 1 N–H and O–H groups in total. The highest BCUT2D eigenvalue weighted by Gasteiger charge is 2.32. The molecule has 0 aromatic rings. The minimum Gasteiger partial charge on any atom is -0.481 e. The van der Waals surface area contributed by atoms with E-state index in [0.717, 1.165) is 30.8 Å².